The predicted octanol–water partition coefficient (Wildman–Crippen LogP) is 3.05. The summed E-state index contributed by atoms with van der Waals surface area (Å²) in [5, 5.41) is 11.4. The Kier molecular flexibility index (Phi) is 3.85. The van der Waals surface area contributed by atoms with Crippen LogP contribution in [0.5, 0.6) is 0 Å². The lowest BCUT2D eigenvalue weighted by Crippen LogP contribution is -2.03. The van der Waals surface area contributed by atoms with Crippen LogP contribution in [-0.4, -0.2) is 15.7 Å². The normalized spacial score (nSPS) is 10.6. The summed E-state index contributed by atoms with van der Waals surface area (Å²) in [6.45, 7) is 1.95. The highest BCUT2D eigenvalue weighted by molar-refractivity contribution is 5.93. The first-order valence-corrected chi connectivity index (χ1v) is 6.16. The molecule has 0 saturated heterocycles. The smallest absolute Gasteiger partial charge is 0.278 e. The third-order valence-corrected chi connectivity index (χ3v) is 2.94. The van der Waals surface area contributed by atoms with Gasteiger partial charge in [0.1, 0.15) is 5.78 Å². The van der Waals surface area contributed by atoms with Gasteiger partial charge in [0.05, 0.1) is 15.8 Å². The number of hydrogen-bond donors (Lipinski definition) is 0. The summed E-state index contributed by atoms with van der Waals surface area (Å²) in [5.41, 5.74) is 1.32. The van der Waals surface area contributed by atoms with Gasteiger partial charge in [-0.2, -0.15) is 0 Å². The van der Waals surface area contributed by atoms with Crippen molar-refractivity contribution in [2.24, 2.45) is 0 Å². The van der Waals surface area contributed by atoms with Gasteiger partial charge in [-0.05, 0) is 30.2 Å². The van der Waals surface area contributed by atoms with Gasteiger partial charge < -0.3 is 0 Å². The molecule has 2 aromatic rings. The second-order valence-electron chi connectivity index (χ2n) is 4.37. The van der Waals surface area contributed by atoms with Crippen molar-refractivity contribution in [1.29, 1.82) is 0 Å². The van der Waals surface area contributed by atoms with E-state index in [1.807, 2.05) is 6.92 Å². The van der Waals surface area contributed by atoms with Crippen molar-refractivity contribution >= 4 is 22.4 Å². The maximum atomic E-state index is 11.7. The van der Waals surface area contributed by atoms with E-state index in [0.29, 0.717) is 17.3 Å². The predicted molar refractivity (Wildman–Crippen MR) is 72.0 cm³/mol. The van der Waals surface area contributed by atoms with Gasteiger partial charge in [-0.3, -0.25) is 19.9 Å². The number of carbonyl (C=O) groups excluding carboxylic acids is 1. The molecule has 0 aliphatic carbocycles. The Morgan fingerprint density at radius 2 is 2.16 bits per heavy atom. The Balaban J connectivity index is 2.49. The molecule has 1 aromatic carbocycles. The van der Waals surface area contributed by atoms with E-state index in [1.54, 1.807) is 24.4 Å². The highest BCUT2D eigenvalue weighted by Crippen LogP contribution is 2.27. The van der Waals surface area contributed by atoms with E-state index in [-0.39, 0.29) is 17.9 Å². The fourth-order valence-electron chi connectivity index (χ4n) is 2.10. The van der Waals surface area contributed by atoms with Crippen LogP contribution in [0.15, 0.2) is 30.5 Å². The zero-order valence-corrected chi connectivity index (χ0v) is 10.6. The molecule has 19 heavy (non-hydrogen) atoms. The van der Waals surface area contributed by atoms with Crippen LogP contribution in [0.2, 0.25) is 0 Å². The first-order chi connectivity index (χ1) is 9.13. The lowest BCUT2D eigenvalue weighted by atomic mass is 10.0. The molecule has 0 aliphatic heterocycles. The van der Waals surface area contributed by atoms with E-state index < -0.39 is 4.92 Å². The van der Waals surface area contributed by atoms with Crippen molar-refractivity contribution in [3.63, 3.8) is 0 Å². The van der Waals surface area contributed by atoms with Gasteiger partial charge in [-0.25, -0.2) is 0 Å². The molecule has 0 amide bonds. The van der Waals surface area contributed by atoms with Gasteiger partial charge in [0, 0.05) is 25.1 Å². The third-order valence-electron chi connectivity index (χ3n) is 2.94. The number of aromatic nitrogens is 1. The summed E-state index contributed by atoms with van der Waals surface area (Å²) < 4.78 is 0. The summed E-state index contributed by atoms with van der Waals surface area (Å²) >= 11 is 0. The van der Waals surface area contributed by atoms with Crippen molar-refractivity contribution in [2.45, 2.75) is 26.2 Å². The minimum absolute atomic E-state index is 0.0230. The van der Waals surface area contributed by atoms with E-state index in [0.717, 1.165) is 12.0 Å². The summed E-state index contributed by atoms with van der Waals surface area (Å²) in [7, 11) is 0. The van der Waals surface area contributed by atoms with E-state index >= 15 is 0 Å². The van der Waals surface area contributed by atoms with Gasteiger partial charge >= 0.3 is 0 Å². The number of non-ortho nitro benzene ring substituents is 1. The maximum absolute atomic E-state index is 11.7. The zero-order valence-electron chi connectivity index (χ0n) is 10.6. The Bertz CT molecular complexity index is 638. The largest absolute Gasteiger partial charge is 0.299 e. The molecule has 0 saturated carbocycles. The topological polar surface area (TPSA) is 73.1 Å². The summed E-state index contributed by atoms with van der Waals surface area (Å²) in [5.74, 6) is 0.128. The second kappa shape index (κ2) is 5.56. The molecular formula is C14H14N2O3. The highest BCUT2D eigenvalue weighted by atomic mass is 16.6. The van der Waals surface area contributed by atoms with Crippen LogP contribution in [0.1, 0.15) is 25.3 Å². The number of fused-ring (bicyclic) bond motifs is 1. The summed E-state index contributed by atoms with van der Waals surface area (Å²) in [6, 6.07) is 6.39. The monoisotopic (exact) mass is 258 g/mol. The molecule has 1 aromatic heterocycles. The number of pyridine rings is 1. The summed E-state index contributed by atoms with van der Waals surface area (Å²) in [6.07, 6.45) is 3.18. The molecular weight excluding hydrogens is 244 g/mol. The van der Waals surface area contributed by atoms with Crippen molar-refractivity contribution in [2.75, 3.05) is 0 Å². The Morgan fingerprint density at radius 3 is 2.84 bits per heavy atom. The van der Waals surface area contributed by atoms with Crippen molar-refractivity contribution in [3.8, 4) is 0 Å². The molecule has 2 rings (SSSR count). The molecule has 1 heterocycles. The molecule has 0 atom stereocenters. The van der Waals surface area contributed by atoms with Gasteiger partial charge in [0.25, 0.3) is 5.69 Å². The maximum Gasteiger partial charge on any atom is 0.278 e. The minimum atomic E-state index is -0.429. The number of nitro benzene ring substituents is 1. The van der Waals surface area contributed by atoms with Gasteiger partial charge in [-0.15, -0.1) is 0 Å². The van der Waals surface area contributed by atoms with Crippen LogP contribution in [0.4, 0.5) is 5.69 Å². The minimum Gasteiger partial charge on any atom is -0.299 e. The first-order valence-electron chi connectivity index (χ1n) is 6.16. The first kappa shape index (κ1) is 13.1. The fourth-order valence-corrected chi connectivity index (χ4v) is 2.10. The highest BCUT2D eigenvalue weighted by Gasteiger charge is 2.16. The van der Waals surface area contributed by atoms with Gasteiger partial charge in [0.2, 0.25) is 0 Å². The molecule has 98 valence electrons. The number of carbonyl (C=O) groups is 1. The Labute approximate surface area is 110 Å². The summed E-state index contributed by atoms with van der Waals surface area (Å²) in [4.78, 5) is 26.4. The average molecular weight is 258 g/mol. The molecule has 0 fully saturated rings. The standard InChI is InChI=1S/C14H14N2O3/c1-2-4-11(17)9-10-6-7-13(16(18)19)12-5-3-8-15-14(10)12/h3,5-8H,2,4,9H2,1H3. The number of Topliss-reactive ketones (excluding diaryl/α,β-unsaturated/α-hetero) is 1. The number of ketones is 1. The Hall–Kier alpha value is -2.30. The number of rotatable bonds is 5. The molecule has 0 unspecified atom stereocenters. The second-order valence-corrected chi connectivity index (χ2v) is 4.37. The Morgan fingerprint density at radius 1 is 1.37 bits per heavy atom. The number of nitrogens with zero attached hydrogens (tertiary/aromatic N) is 2. The van der Waals surface area contributed by atoms with Crippen LogP contribution in [-0.2, 0) is 11.2 Å². The average Bonchev–Trinajstić information content (AvgIpc) is 2.39. The van der Waals surface area contributed by atoms with Crippen LogP contribution in [0.3, 0.4) is 0 Å². The van der Waals surface area contributed by atoms with Gasteiger partial charge in [0.15, 0.2) is 0 Å². The van der Waals surface area contributed by atoms with E-state index in [9.17, 15) is 14.9 Å². The van der Waals surface area contributed by atoms with E-state index in [1.165, 1.54) is 6.07 Å². The lowest BCUT2D eigenvalue weighted by molar-refractivity contribution is -0.383. The van der Waals surface area contributed by atoms with Gasteiger partial charge in [-0.1, -0.05) is 6.92 Å². The van der Waals surface area contributed by atoms with Crippen molar-refractivity contribution in [3.05, 3.63) is 46.1 Å². The molecule has 0 radical (unpaired) electrons. The van der Waals surface area contributed by atoms with E-state index in [2.05, 4.69) is 4.98 Å². The number of hydrogen-bond acceptors (Lipinski definition) is 4. The molecule has 0 N–H and O–H groups in total. The van der Waals surface area contributed by atoms with Crippen LogP contribution in [0.25, 0.3) is 10.9 Å². The third kappa shape index (κ3) is 2.76. The van der Waals surface area contributed by atoms with Crippen LogP contribution < -0.4 is 0 Å². The number of benzene rings is 1. The molecule has 0 bridgehead atoms. The van der Waals surface area contributed by atoms with Crippen molar-refractivity contribution in [1.82, 2.24) is 4.98 Å². The zero-order chi connectivity index (χ0) is 13.8. The molecule has 0 aliphatic rings. The lowest BCUT2D eigenvalue weighted by Gasteiger charge is -2.05. The molecule has 0 spiro atoms. The van der Waals surface area contributed by atoms with Crippen LogP contribution in [0, 0.1) is 10.1 Å². The molecule has 5 heteroatoms. The SMILES string of the molecule is CCCC(=O)Cc1ccc([N+](=O)[O-])c2cccnc12. The fraction of sp³-hybridized carbons (Fsp3) is 0.286. The number of nitro groups is 1. The van der Waals surface area contributed by atoms with Crippen LogP contribution >= 0.6 is 0 Å². The quantitative estimate of drug-likeness (QED) is 0.610. The van der Waals surface area contributed by atoms with E-state index in [4.69, 9.17) is 0 Å². The molecule has 5 nitrogen and oxygen atoms in total. The van der Waals surface area contributed by atoms with Crippen molar-refractivity contribution < 1.29 is 9.72 Å².